The lowest BCUT2D eigenvalue weighted by molar-refractivity contribution is -0.120. The molecule has 1 amide bonds. The Bertz CT molecular complexity index is 630. The van der Waals surface area contributed by atoms with Crippen LogP contribution in [0.1, 0.15) is 29.6 Å². The molecule has 19 heavy (non-hydrogen) atoms. The molecular weight excluding hydrogens is 242 g/mol. The highest BCUT2D eigenvalue weighted by atomic mass is 16.1. The van der Waals surface area contributed by atoms with E-state index in [9.17, 15) is 4.79 Å². The van der Waals surface area contributed by atoms with Crippen molar-refractivity contribution in [1.82, 2.24) is 19.9 Å². The first-order chi connectivity index (χ1) is 9.14. The van der Waals surface area contributed by atoms with Gasteiger partial charge >= 0.3 is 0 Å². The number of hydrogen-bond donors (Lipinski definition) is 1. The summed E-state index contributed by atoms with van der Waals surface area (Å²) in [5, 5.41) is 0. The number of aromatic nitrogens is 4. The molecule has 0 aliphatic heterocycles. The van der Waals surface area contributed by atoms with Crippen LogP contribution >= 0.6 is 0 Å². The van der Waals surface area contributed by atoms with Gasteiger partial charge in [-0.15, -0.1) is 0 Å². The van der Waals surface area contributed by atoms with Gasteiger partial charge in [-0.3, -0.25) is 4.79 Å². The number of amides is 1. The molecule has 1 aliphatic carbocycles. The minimum absolute atomic E-state index is 0.0974. The number of aryl methyl sites for hydroxylation is 1. The van der Waals surface area contributed by atoms with Crippen molar-refractivity contribution in [3.8, 4) is 0 Å². The van der Waals surface area contributed by atoms with Gasteiger partial charge in [0.05, 0.1) is 5.69 Å². The number of primary amides is 1. The average molecular weight is 255 g/mol. The van der Waals surface area contributed by atoms with Crippen molar-refractivity contribution in [2.75, 3.05) is 0 Å². The molecule has 0 saturated heterocycles. The smallest absolute Gasteiger partial charge is 0.230 e. The van der Waals surface area contributed by atoms with Crippen molar-refractivity contribution < 1.29 is 4.79 Å². The van der Waals surface area contributed by atoms with E-state index in [4.69, 9.17) is 5.73 Å². The summed E-state index contributed by atoms with van der Waals surface area (Å²) in [6.45, 7) is 1.89. The van der Waals surface area contributed by atoms with Crippen molar-refractivity contribution in [2.24, 2.45) is 5.73 Å². The Kier molecular flexibility index (Phi) is 2.51. The third kappa shape index (κ3) is 1.76. The van der Waals surface area contributed by atoms with Gasteiger partial charge in [-0.25, -0.2) is 19.9 Å². The van der Waals surface area contributed by atoms with Gasteiger partial charge in [0.25, 0.3) is 0 Å². The van der Waals surface area contributed by atoms with Crippen molar-refractivity contribution >= 4 is 5.91 Å². The summed E-state index contributed by atoms with van der Waals surface area (Å²) in [7, 11) is 0. The minimum atomic E-state index is -0.781. The molecule has 2 unspecified atom stereocenters. The summed E-state index contributed by atoms with van der Waals surface area (Å²) >= 11 is 0. The summed E-state index contributed by atoms with van der Waals surface area (Å²) in [5.74, 6) is 0.165. The van der Waals surface area contributed by atoms with Crippen LogP contribution in [0.2, 0.25) is 0 Å². The fourth-order valence-electron chi connectivity index (χ4n) is 2.45. The van der Waals surface area contributed by atoms with Gasteiger partial charge in [0.2, 0.25) is 5.91 Å². The van der Waals surface area contributed by atoms with E-state index in [0.717, 1.165) is 5.69 Å². The second-order valence-corrected chi connectivity index (χ2v) is 4.74. The molecule has 96 valence electrons. The largest absolute Gasteiger partial charge is 0.369 e. The quantitative estimate of drug-likeness (QED) is 0.861. The summed E-state index contributed by atoms with van der Waals surface area (Å²) in [6.07, 6.45) is 5.33. The molecule has 1 saturated carbocycles. The van der Waals surface area contributed by atoms with Crippen LogP contribution in [0.4, 0.5) is 0 Å². The van der Waals surface area contributed by atoms with Crippen LogP contribution in [0, 0.1) is 6.92 Å². The van der Waals surface area contributed by atoms with Crippen LogP contribution in [-0.2, 0) is 10.2 Å². The van der Waals surface area contributed by atoms with Crippen molar-refractivity contribution in [1.29, 1.82) is 0 Å². The van der Waals surface area contributed by atoms with Gasteiger partial charge < -0.3 is 5.73 Å². The Hall–Kier alpha value is -2.37. The van der Waals surface area contributed by atoms with Gasteiger partial charge in [-0.2, -0.15) is 0 Å². The van der Waals surface area contributed by atoms with Crippen LogP contribution in [-0.4, -0.2) is 25.8 Å². The van der Waals surface area contributed by atoms with Crippen molar-refractivity contribution in [3.63, 3.8) is 0 Å². The van der Waals surface area contributed by atoms with Gasteiger partial charge in [-0.05, 0) is 25.5 Å². The van der Waals surface area contributed by atoms with Crippen LogP contribution in [0.3, 0.4) is 0 Å². The molecule has 2 aromatic rings. The molecule has 2 heterocycles. The highest BCUT2D eigenvalue weighted by molar-refractivity contribution is 5.91. The number of rotatable bonds is 3. The maximum Gasteiger partial charge on any atom is 0.230 e. The second kappa shape index (κ2) is 4.08. The summed E-state index contributed by atoms with van der Waals surface area (Å²) in [5.41, 5.74) is 6.31. The summed E-state index contributed by atoms with van der Waals surface area (Å²) in [4.78, 5) is 28.5. The Morgan fingerprint density at radius 3 is 2.84 bits per heavy atom. The molecule has 0 radical (unpaired) electrons. The fraction of sp³-hybridized carbons (Fsp3) is 0.308. The molecule has 2 atom stereocenters. The number of nitrogens with two attached hydrogens (primary N) is 1. The van der Waals surface area contributed by atoms with Crippen molar-refractivity contribution in [3.05, 3.63) is 48.1 Å². The van der Waals surface area contributed by atoms with Gasteiger partial charge in [-0.1, -0.05) is 0 Å². The molecule has 0 aromatic carbocycles. The minimum Gasteiger partial charge on any atom is -0.369 e. The standard InChI is InChI=1S/C13H13N5O/c1-8-2-5-16-11(18-8)9-6-13(9,12(14)19)10-3-4-15-7-17-10/h2-5,7,9H,6H2,1H3,(H2,14,19). The molecule has 6 nitrogen and oxygen atoms in total. The zero-order chi connectivity index (χ0) is 13.5. The predicted octanol–water partition coefficient (Wildman–Crippen LogP) is 0.486. The average Bonchev–Trinajstić information content (AvgIpc) is 3.16. The van der Waals surface area contributed by atoms with Crippen LogP contribution in [0.15, 0.2) is 30.9 Å². The van der Waals surface area contributed by atoms with E-state index in [2.05, 4.69) is 19.9 Å². The fourth-order valence-corrected chi connectivity index (χ4v) is 2.45. The first kappa shape index (κ1) is 11.7. The molecule has 2 aromatic heterocycles. The maximum atomic E-state index is 11.9. The molecule has 3 rings (SSSR count). The molecular formula is C13H13N5O. The van der Waals surface area contributed by atoms with Gasteiger partial charge in [0.15, 0.2) is 0 Å². The third-order valence-corrected chi connectivity index (χ3v) is 3.56. The van der Waals surface area contributed by atoms with E-state index in [1.165, 1.54) is 6.33 Å². The van der Waals surface area contributed by atoms with Gasteiger partial charge in [0.1, 0.15) is 17.6 Å². The maximum absolute atomic E-state index is 11.9. The molecule has 0 spiro atoms. The Balaban J connectivity index is 2.02. The molecule has 0 bridgehead atoms. The number of hydrogen-bond acceptors (Lipinski definition) is 5. The first-order valence-electron chi connectivity index (χ1n) is 6.00. The summed E-state index contributed by atoms with van der Waals surface area (Å²) in [6, 6.07) is 3.54. The lowest BCUT2D eigenvalue weighted by Gasteiger charge is -2.12. The van der Waals surface area contributed by atoms with E-state index in [0.29, 0.717) is 17.9 Å². The predicted molar refractivity (Wildman–Crippen MR) is 67.0 cm³/mol. The monoisotopic (exact) mass is 255 g/mol. The third-order valence-electron chi connectivity index (χ3n) is 3.56. The van der Waals surface area contributed by atoms with E-state index >= 15 is 0 Å². The van der Waals surface area contributed by atoms with E-state index in [-0.39, 0.29) is 11.8 Å². The van der Waals surface area contributed by atoms with E-state index in [1.807, 2.05) is 13.0 Å². The van der Waals surface area contributed by atoms with Crippen LogP contribution in [0.5, 0.6) is 0 Å². The summed E-state index contributed by atoms with van der Waals surface area (Å²) < 4.78 is 0. The second-order valence-electron chi connectivity index (χ2n) is 4.74. The Labute approximate surface area is 110 Å². The van der Waals surface area contributed by atoms with Gasteiger partial charge in [0, 0.05) is 24.0 Å². The number of nitrogens with zero attached hydrogens (tertiary/aromatic N) is 4. The van der Waals surface area contributed by atoms with E-state index < -0.39 is 5.41 Å². The zero-order valence-corrected chi connectivity index (χ0v) is 10.4. The zero-order valence-electron chi connectivity index (χ0n) is 10.4. The molecule has 2 N–H and O–H groups in total. The Morgan fingerprint density at radius 2 is 2.21 bits per heavy atom. The molecule has 6 heteroatoms. The lowest BCUT2D eigenvalue weighted by atomic mass is 9.97. The van der Waals surface area contributed by atoms with Crippen LogP contribution < -0.4 is 5.73 Å². The van der Waals surface area contributed by atoms with Crippen LogP contribution in [0.25, 0.3) is 0 Å². The number of carbonyl (C=O) groups is 1. The SMILES string of the molecule is Cc1ccnc(C2CC2(C(N)=O)c2ccncn2)n1. The lowest BCUT2D eigenvalue weighted by Crippen LogP contribution is -2.31. The Morgan fingerprint density at radius 1 is 1.37 bits per heavy atom. The highest BCUT2D eigenvalue weighted by Crippen LogP contribution is 2.58. The molecule has 1 fully saturated rings. The normalized spacial score (nSPS) is 25.0. The highest BCUT2D eigenvalue weighted by Gasteiger charge is 2.63. The number of carbonyl (C=O) groups excluding carboxylic acids is 1. The van der Waals surface area contributed by atoms with E-state index in [1.54, 1.807) is 18.5 Å². The molecule has 1 aliphatic rings. The van der Waals surface area contributed by atoms with Crippen molar-refractivity contribution in [2.45, 2.75) is 24.7 Å². The topological polar surface area (TPSA) is 94.7 Å². The first-order valence-corrected chi connectivity index (χ1v) is 6.00.